The molecule has 0 radical (unpaired) electrons. The molecule has 1 saturated carbocycles. The first kappa shape index (κ1) is 10.3. The Labute approximate surface area is 95.4 Å². The summed E-state index contributed by atoms with van der Waals surface area (Å²) in [4.78, 5) is 4.27. The number of ether oxygens (including phenoxy) is 1. The van der Waals surface area contributed by atoms with Gasteiger partial charge in [0, 0.05) is 25.6 Å². The Kier molecular flexibility index (Phi) is 2.93. The average molecular weight is 222 g/mol. The standard InChI is InChI=1S/C12H18N2O2/c1-2-10(15-5-1)6-12-11(14-8-16-12)7-13-9-3-4-9/h8-10,13H,1-7H2. The summed E-state index contributed by atoms with van der Waals surface area (Å²) in [5, 5.41) is 3.46. The zero-order valence-corrected chi connectivity index (χ0v) is 9.45. The van der Waals surface area contributed by atoms with E-state index in [-0.39, 0.29) is 0 Å². The lowest BCUT2D eigenvalue weighted by atomic mass is 10.1. The first-order valence-electron chi connectivity index (χ1n) is 6.18. The van der Waals surface area contributed by atoms with E-state index in [9.17, 15) is 0 Å². The highest BCUT2D eigenvalue weighted by molar-refractivity contribution is 5.09. The SMILES string of the molecule is c1nc(CNC2CC2)c(CC2CCCO2)o1. The summed E-state index contributed by atoms with van der Waals surface area (Å²) < 4.78 is 11.1. The second-order valence-electron chi connectivity index (χ2n) is 4.72. The first-order valence-corrected chi connectivity index (χ1v) is 6.18. The zero-order chi connectivity index (χ0) is 10.8. The molecule has 1 saturated heterocycles. The lowest BCUT2D eigenvalue weighted by Gasteiger charge is -2.08. The molecule has 1 unspecified atom stereocenters. The quantitative estimate of drug-likeness (QED) is 0.823. The van der Waals surface area contributed by atoms with Crippen molar-refractivity contribution in [1.82, 2.24) is 10.3 Å². The number of hydrogen-bond donors (Lipinski definition) is 1. The fourth-order valence-electron chi connectivity index (χ4n) is 2.14. The van der Waals surface area contributed by atoms with Crippen LogP contribution < -0.4 is 5.32 Å². The number of nitrogens with zero attached hydrogens (tertiary/aromatic N) is 1. The summed E-state index contributed by atoms with van der Waals surface area (Å²) in [7, 11) is 0. The van der Waals surface area contributed by atoms with Gasteiger partial charge in [0.25, 0.3) is 0 Å². The lowest BCUT2D eigenvalue weighted by Crippen LogP contribution is -2.18. The molecule has 1 N–H and O–H groups in total. The average Bonchev–Trinajstić information content (AvgIpc) is 2.79. The number of oxazole rings is 1. The minimum absolute atomic E-state index is 0.340. The summed E-state index contributed by atoms with van der Waals surface area (Å²) in [6.45, 7) is 1.73. The van der Waals surface area contributed by atoms with E-state index in [0.717, 1.165) is 37.4 Å². The van der Waals surface area contributed by atoms with Gasteiger partial charge in [-0.15, -0.1) is 0 Å². The van der Waals surface area contributed by atoms with Crippen LogP contribution in [0.2, 0.25) is 0 Å². The van der Waals surface area contributed by atoms with Gasteiger partial charge in [-0.05, 0) is 25.7 Å². The van der Waals surface area contributed by atoms with Crippen LogP contribution in [0.15, 0.2) is 10.8 Å². The predicted octanol–water partition coefficient (Wildman–Crippen LogP) is 1.65. The molecule has 3 rings (SSSR count). The monoisotopic (exact) mass is 222 g/mol. The van der Waals surface area contributed by atoms with E-state index < -0.39 is 0 Å². The Bertz CT molecular complexity index is 341. The lowest BCUT2D eigenvalue weighted by molar-refractivity contribution is 0.106. The molecular weight excluding hydrogens is 204 g/mol. The van der Waals surface area contributed by atoms with Gasteiger partial charge in [0.05, 0.1) is 11.8 Å². The number of rotatable bonds is 5. The molecule has 88 valence electrons. The fourth-order valence-corrected chi connectivity index (χ4v) is 2.14. The van der Waals surface area contributed by atoms with E-state index in [1.807, 2.05) is 0 Å². The van der Waals surface area contributed by atoms with Crippen molar-refractivity contribution in [3.8, 4) is 0 Å². The van der Waals surface area contributed by atoms with E-state index >= 15 is 0 Å². The molecule has 2 fully saturated rings. The van der Waals surface area contributed by atoms with Gasteiger partial charge in [-0.1, -0.05) is 0 Å². The molecular formula is C12H18N2O2. The van der Waals surface area contributed by atoms with Crippen molar-refractivity contribution in [2.45, 2.75) is 50.8 Å². The normalized spacial score (nSPS) is 25.1. The summed E-state index contributed by atoms with van der Waals surface area (Å²) in [5.74, 6) is 1.00. The zero-order valence-electron chi connectivity index (χ0n) is 9.45. The van der Waals surface area contributed by atoms with Crippen molar-refractivity contribution in [3.05, 3.63) is 17.8 Å². The maximum absolute atomic E-state index is 5.61. The highest BCUT2D eigenvalue weighted by atomic mass is 16.5. The summed E-state index contributed by atoms with van der Waals surface area (Å²) in [6, 6.07) is 0.715. The molecule has 1 aliphatic carbocycles. The first-order chi connectivity index (χ1) is 7.92. The van der Waals surface area contributed by atoms with Crippen LogP contribution in [0.3, 0.4) is 0 Å². The minimum Gasteiger partial charge on any atom is -0.448 e. The van der Waals surface area contributed by atoms with Crippen molar-refractivity contribution in [2.75, 3.05) is 6.61 Å². The van der Waals surface area contributed by atoms with Crippen molar-refractivity contribution >= 4 is 0 Å². The van der Waals surface area contributed by atoms with Gasteiger partial charge < -0.3 is 14.5 Å². The van der Waals surface area contributed by atoms with E-state index in [1.165, 1.54) is 19.3 Å². The van der Waals surface area contributed by atoms with Crippen molar-refractivity contribution < 1.29 is 9.15 Å². The molecule has 4 heteroatoms. The number of hydrogen-bond acceptors (Lipinski definition) is 4. The van der Waals surface area contributed by atoms with Gasteiger partial charge in [0.2, 0.25) is 0 Å². The van der Waals surface area contributed by atoms with Crippen LogP contribution in [0.4, 0.5) is 0 Å². The molecule has 2 heterocycles. The number of nitrogens with one attached hydrogen (secondary N) is 1. The van der Waals surface area contributed by atoms with Gasteiger partial charge in [0.1, 0.15) is 5.76 Å². The van der Waals surface area contributed by atoms with Gasteiger partial charge in [-0.2, -0.15) is 0 Å². The molecule has 2 aliphatic rings. The smallest absolute Gasteiger partial charge is 0.181 e. The van der Waals surface area contributed by atoms with Crippen LogP contribution in [0.25, 0.3) is 0 Å². The van der Waals surface area contributed by atoms with Crippen molar-refractivity contribution in [2.24, 2.45) is 0 Å². The third-order valence-corrected chi connectivity index (χ3v) is 3.30. The Morgan fingerprint density at radius 3 is 3.06 bits per heavy atom. The molecule has 0 bridgehead atoms. The van der Waals surface area contributed by atoms with E-state index in [0.29, 0.717) is 12.1 Å². The largest absolute Gasteiger partial charge is 0.448 e. The van der Waals surface area contributed by atoms with Crippen LogP contribution >= 0.6 is 0 Å². The molecule has 1 atom stereocenters. The molecule has 16 heavy (non-hydrogen) atoms. The highest BCUT2D eigenvalue weighted by Gasteiger charge is 2.23. The molecule has 1 aromatic rings. The Morgan fingerprint density at radius 2 is 2.31 bits per heavy atom. The van der Waals surface area contributed by atoms with E-state index in [2.05, 4.69) is 10.3 Å². The molecule has 1 aromatic heterocycles. The summed E-state index contributed by atoms with van der Waals surface area (Å²) in [6.07, 6.45) is 7.70. The third kappa shape index (κ3) is 2.44. The Balaban J connectivity index is 1.57. The second kappa shape index (κ2) is 4.55. The van der Waals surface area contributed by atoms with Crippen molar-refractivity contribution in [1.29, 1.82) is 0 Å². The summed E-state index contributed by atoms with van der Waals surface area (Å²) >= 11 is 0. The minimum atomic E-state index is 0.340. The third-order valence-electron chi connectivity index (χ3n) is 3.30. The summed E-state index contributed by atoms with van der Waals surface area (Å²) in [5.41, 5.74) is 1.06. The van der Waals surface area contributed by atoms with Crippen LogP contribution in [0, 0.1) is 0 Å². The van der Waals surface area contributed by atoms with E-state index in [1.54, 1.807) is 6.39 Å². The maximum Gasteiger partial charge on any atom is 0.181 e. The molecule has 1 aliphatic heterocycles. The van der Waals surface area contributed by atoms with Crippen molar-refractivity contribution in [3.63, 3.8) is 0 Å². The maximum atomic E-state index is 5.61. The Morgan fingerprint density at radius 1 is 1.38 bits per heavy atom. The van der Waals surface area contributed by atoms with Gasteiger partial charge in [-0.25, -0.2) is 4.98 Å². The highest BCUT2D eigenvalue weighted by Crippen LogP contribution is 2.21. The van der Waals surface area contributed by atoms with E-state index in [4.69, 9.17) is 9.15 Å². The predicted molar refractivity (Wildman–Crippen MR) is 59.0 cm³/mol. The molecule has 0 spiro atoms. The van der Waals surface area contributed by atoms with Crippen LogP contribution in [-0.2, 0) is 17.7 Å². The van der Waals surface area contributed by atoms with Gasteiger partial charge in [-0.3, -0.25) is 0 Å². The molecule has 0 aromatic carbocycles. The van der Waals surface area contributed by atoms with Crippen LogP contribution in [0.1, 0.15) is 37.1 Å². The van der Waals surface area contributed by atoms with Gasteiger partial charge >= 0.3 is 0 Å². The number of aromatic nitrogens is 1. The molecule has 0 amide bonds. The van der Waals surface area contributed by atoms with Crippen LogP contribution in [-0.4, -0.2) is 23.7 Å². The topological polar surface area (TPSA) is 47.3 Å². The molecule has 4 nitrogen and oxygen atoms in total. The Hall–Kier alpha value is -0.870. The van der Waals surface area contributed by atoms with Crippen LogP contribution in [0.5, 0.6) is 0 Å². The fraction of sp³-hybridized carbons (Fsp3) is 0.750. The van der Waals surface area contributed by atoms with Gasteiger partial charge in [0.15, 0.2) is 6.39 Å². The second-order valence-corrected chi connectivity index (χ2v) is 4.72.